The molecule has 0 aliphatic carbocycles. The third-order valence-corrected chi connectivity index (χ3v) is 6.66. The summed E-state index contributed by atoms with van der Waals surface area (Å²) in [4.78, 5) is 53.4. The predicted octanol–water partition coefficient (Wildman–Crippen LogP) is 2.76. The van der Waals surface area contributed by atoms with E-state index in [1.54, 1.807) is 0 Å². The summed E-state index contributed by atoms with van der Waals surface area (Å²) in [6, 6.07) is 11.4. The van der Waals surface area contributed by atoms with Gasteiger partial charge in [-0.3, -0.25) is 19.2 Å². The SMILES string of the molecule is CC(C)CCN(C(=O)NCc1ccccc1)[C@H](CCN1C(=O)c2ccc(NS(C)(=O)=O)cc2C1=O)C(=O)O. The molecule has 38 heavy (non-hydrogen) atoms. The van der Waals surface area contributed by atoms with Crippen molar-refractivity contribution in [3.8, 4) is 0 Å². The van der Waals surface area contributed by atoms with Gasteiger partial charge < -0.3 is 15.3 Å². The molecule has 4 amide bonds. The number of fused-ring (bicyclic) bond motifs is 1. The Bertz CT molecular complexity index is 1310. The molecular formula is C26H32N4O7S. The van der Waals surface area contributed by atoms with Crippen LogP contribution in [0.2, 0.25) is 0 Å². The van der Waals surface area contributed by atoms with E-state index in [9.17, 15) is 32.7 Å². The summed E-state index contributed by atoms with van der Waals surface area (Å²) in [5.41, 5.74) is 1.10. The van der Waals surface area contributed by atoms with Crippen LogP contribution in [-0.4, -0.2) is 72.5 Å². The highest BCUT2D eigenvalue weighted by molar-refractivity contribution is 7.92. The lowest BCUT2D eigenvalue weighted by atomic mass is 10.1. The van der Waals surface area contributed by atoms with E-state index >= 15 is 0 Å². The summed E-state index contributed by atoms with van der Waals surface area (Å²) in [5.74, 6) is -2.31. The summed E-state index contributed by atoms with van der Waals surface area (Å²) >= 11 is 0. The highest BCUT2D eigenvalue weighted by Crippen LogP contribution is 2.27. The lowest BCUT2D eigenvalue weighted by Gasteiger charge is -2.30. The lowest BCUT2D eigenvalue weighted by molar-refractivity contribution is -0.142. The Balaban J connectivity index is 1.75. The van der Waals surface area contributed by atoms with Crippen LogP contribution in [0.4, 0.5) is 10.5 Å². The van der Waals surface area contributed by atoms with Gasteiger partial charge in [0.2, 0.25) is 10.0 Å². The van der Waals surface area contributed by atoms with Crippen molar-refractivity contribution in [3.05, 3.63) is 65.2 Å². The molecule has 0 bridgehead atoms. The number of hydrogen-bond acceptors (Lipinski definition) is 6. The van der Waals surface area contributed by atoms with Crippen molar-refractivity contribution in [3.63, 3.8) is 0 Å². The number of sulfonamides is 1. The molecule has 3 rings (SSSR count). The van der Waals surface area contributed by atoms with Crippen molar-refractivity contribution in [2.45, 2.75) is 39.3 Å². The minimum Gasteiger partial charge on any atom is -0.480 e. The first-order valence-electron chi connectivity index (χ1n) is 12.2. The van der Waals surface area contributed by atoms with Crippen molar-refractivity contribution in [2.24, 2.45) is 5.92 Å². The highest BCUT2D eigenvalue weighted by Gasteiger charge is 2.38. The van der Waals surface area contributed by atoms with Crippen LogP contribution < -0.4 is 10.0 Å². The molecule has 2 aromatic rings. The molecule has 1 aliphatic rings. The van der Waals surface area contributed by atoms with Gasteiger partial charge >= 0.3 is 12.0 Å². The van der Waals surface area contributed by atoms with Gasteiger partial charge in [-0.2, -0.15) is 0 Å². The molecule has 0 saturated carbocycles. The van der Waals surface area contributed by atoms with Gasteiger partial charge in [0.15, 0.2) is 0 Å². The third kappa shape index (κ3) is 7.31. The zero-order valence-electron chi connectivity index (χ0n) is 21.5. The number of carbonyl (C=O) groups excluding carboxylic acids is 3. The zero-order valence-corrected chi connectivity index (χ0v) is 22.3. The van der Waals surface area contributed by atoms with Gasteiger partial charge in [-0.25, -0.2) is 18.0 Å². The predicted molar refractivity (Wildman–Crippen MR) is 141 cm³/mol. The van der Waals surface area contributed by atoms with Gasteiger partial charge in [0, 0.05) is 25.3 Å². The molecule has 0 saturated heterocycles. The topological polar surface area (TPSA) is 153 Å². The molecule has 204 valence electrons. The first-order chi connectivity index (χ1) is 17.9. The molecule has 0 unspecified atom stereocenters. The Morgan fingerprint density at radius 1 is 1.00 bits per heavy atom. The number of urea groups is 1. The summed E-state index contributed by atoms with van der Waals surface area (Å²) in [5, 5.41) is 12.8. The molecular weight excluding hydrogens is 512 g/mol. The van der Waals surface area contributed by atoms with Crippen LogP contribution in [0, 0.1) is 5.92 Å². The molecule has 1 aliphatic heterocycles. The minimum absolute atomic E-state index is 0.0211. The second kappa shape index (κ2) is 12.1. The van der Waals surface area contributed by atoms with E-state index in [4.69, 9.17) is 0 Å². The van der Waals surface area contributed by atoms with Gasteiger partial charge in [0.1, 0.15) is 6.04 Å². The van der Waals surface area contributed by atoms with Gasteiger partial charge in [-0.05, 0) is 42.5 Å². The Morgan fingerprint density at radius 2 is 1.66 bits per heavy atom. The number of anilines is 1. The monoisotopic (exact) mass is 544 g/mol. The molecule has 0 aromatic heterocycles. The van der Waals surface area contributed by atoms with Crippen molar-refractivity contribution in [2.75, 3.05) is 24.1 Å². The van der Waals surface area contributed by atoms with Crippen molar-refractivity contribution < 1.29 is 32.7 Å². The van der Waals surface area contributed by atoms with E-state index in [1.165, 1.54) is 23.1 Å². The van der Waals surface area contributed by atoms with E-state index < -0.39 is 39.9 Å². The number of nitrogens with one attached hydrogen (secondary N) is 2. The van der Waals surface area contributed by atoms with Crippen LogP contribution in [0.15, 0.2) is 48.5 Å². The number of amides is 4. The fourth-order valence-electron chi connectivity index (χ4n) is 4.11. The number of imide groups is 1. The van der Waals surface area contributed by atoms with Crippen LogP contribution in [0.5, 0.6) is 0 Å². The molecule has 2 aromatic carbocycles. The molecule has 12 heteroatoms. The lowest BCUT2D eigenvalue weighted by Crippen LogP contribution is -2.51. The minimum atomic E-state index is -3.59. The molecule has 0 radical (unpaired) electrons. The second-order valence-corrected chi connectivity index (χ2v) is 11.3. The van der Waals surface area contributed by atoms with Crippen LogP contribution >= 0.6 is 0 Å². The number of benzene rings is 2. The summed E-state index contributed by atoms with van der Waals surface area (Å²) in [6.07, 6.45) is 1.35. The number of carbonyl (C=O) groups is 4. The molecule has 0 fully saturated rings. The van der Waals surface area contributed by atoms with Crippen molar-refractivity contribution >= 4 is 39.5 Å². The molecule has 3 N–H and O–H groups in total. The normalized spacial score (nSPS) is 13.8. The number of rotatable bonds is 12. The number of carboxylic acids is 1. The number of carboxylic acid groups (broad SMARTS) is 1. The first-order valence-corrected chi connectivity index (χ1v) is 14.1. The van der Waals surface area contributed by atoms with E-state index in [-0.39, 0.29) is 48.8 Å². The Kier molecular flexibility index (Phi) is 9.10. The number of hydrogen-bond donors (Lipinski definition) is 3. The smallest absolute Gasteiger partial charge is 0.326 e. The van der Waals surface area contributed by atoms with Gasteiger partial charge in [0.25, 0.3) is 11.8 Å². The standard InChI is InChI=1S/C26H32N4O7S/c1-17(2)11-13-29(26(35)27-16-18-7-5-4-6-8-18)22(25(33)34)12-14-30-23(31)20-10-9-19(28-38(3,36)37)15-21(20)24(30)32/h4-10,15,17,22,28H,11-14,16H2,1-3H3,(H,27,35)(H,33,34)/t22-/m1/s1. The average molecular weight is 545 g/mol. The second-order valence-electron chi connectivity index (χ2n) is 9.56. The largest absolute Gasteiger partial charge is 0.480 e. The van der Waals surface area contributed by atoms with Crippen LogP contribution in [-0.2, 0) is 21.4 Å². The average Bonchev–Trinajstić information content (AvgIpc) is 3.07. The van der Waals surface area contributed by atoms with Crippen LogP contribution in [0.25, 0.3) is 0 Å². The first kappa shape index (κ1) is 28.6. The van der Waals surface area contributed by atoms with E-state index in [0.717, 1.165) is 16.7 Å². The maximum Gasteiger partial charge on any atom is 0.326 e. The third-order valence-electron chi connectivity index (χ3n) is 6.06. The van der Waals surface area contributed by atoms with Crippen molar-refractivity contribution in [1.29, 1.82) is 0 Å². The maximum atomic E-state index is 13.1. The molecule has 1 atom stereocenters. The molecule has 1 heterocycles. The zero-order chi connectivity index (χ0) is 28.0. The van der Waals surface area contributed by atoms with E-state index in [2.05, 4.69) is 10.0 Å². The highest BCUT2D eigenvalue weighted by atomic mass is 32.2. The summed E-state index contributed by atoms with van der Waals surface area (Å²) < 4.78 is 25.3. The Labute approximate surface area is 221 Å². The van der Waals surface area contributed by atoms with Crippen LogP contribution in [0.1, 0.15) is 53.0 Å². The summed E-state index contributed by atoms with van der Waals surface area (Å²) in [7, 11) is -3.59. The Hall–Kier alpha value is -3.93. The van der Waals surface area contributed by atoms with Crippen molar-refractivity contribution in [1.82, 2.24) is 15.1 Å². The van der Waals surface area contributed by atoms with E-state index in [1.807, 2.05) is 44.2 Å². The van der Waals surface area contributed by atoms with Gasteiger partial charge in [0.05, 0.1) is 17.4 Å². The van der Waals surface area contributed by atoms with Crippen LogP contribution in [0.3, 0.4) is 0 Å². The quantitative estimate of drug-likeness (QED) is 0.347. The fraction of sp³-hybridized carbons (Fsp3) is 0.385. The molecule has 11 nitrogen and oxygen atoms in total. The molecule has 0 spiro atoms. The Morgan fingerprint density at radius 3 is 2.26 bits per heavy atom. The number of nitrogens with zero attached hydrogens (tertiary/aromatic N) is 2. The van der Waals surface area contributed by atoms with Gasteiger partial charge in [-0.1, -0.05) is 44.2 Å². The fourth-order valence-corrected chi connectivity index (χ4v) is 4.66. The number of aliphatic carboxylic acids is 1. The maximum absolute atomic E-state index is 13.1. The van der Waals surface area contributed by atoms with E-state index in [0.29, 0.717) is 6.42 Å². The summed E-state index contributed by atoms with van der Waals surface area (Å²) in [6.45, 7) is 4.08. The van der Waals surface area contributed by atoms with Gasteiger partial charge in [-0.15, -0.1) is 0 Å².